The first-order chi connectivity index (χ1) is 14.4. The number of carbonyl (C=O) groups excluding carboxylic acids is 1. The molecule has 1 aromatic carbocycles. The van der Waals surface area contributed by atoms with Crippen LogP contribution in [0.3, 0.4) is 0 Å². The van der Waals surface area contributed by atoms with Gasteiger partial charge < -0.3 is 20.0 Å². The van der Waals surface area contributed by atoms with Crippen molar-refractivity contribution in [2.75, 3.05) is 26.2 Å². The lowest BCUT2D eigenvalue weighted by Gasteiger charge is -2.51. The van der Waals surface area contributed by atoms with E-state index in [4.69, 9.17) is 10.2 Å². The van der Waals surface area contributed by atoms with Crippen LogP contribution >= 0.6 is 0 Å². The van der Waals surface area contributed by atoms with Crippen LogP contribution in [0.1, 0.15) is 65.9 Å². The van der Waals surface area contributed by atoms with Crippen LogP contribution in [0, 0.1) is 5.92 Å². The summed E-state index contributed by atoms with van der Waals surface area (Å²) in [6, 6.07) is 6.87. The van der Waals surface area contributed by atoms with Crippen LogP contribution in [0.4, 0.5) is 0 Å². The van der Waals surface area contributed by atoms with Crippen molar-refractivity contribution in [3.05, 3.63) is 34.9 Å². The maximum Gasteiger partial charge on any atom is 0.303 e. The van der Waals surface area contributed by atoms with Crippen LogP contribution in [-0.4, -0.2) is 70.1 Å². The number of aliphatic carboxylic acids is 2. The highest BCUT2D eigenvalue weighted by Crippen LogP contribution is 2.41. The number of nitrogens with zero attached hydrogens (tertiary/aromatic N) is 2. The summed E-state index contributed by atoms with van der Waals surface area (Å²) in [5, 5.41) is 15.8. The third-order valence-corrected chi connectivity index (χ3v) is 7.09. The maximum absolute atomic E-state index is 13.1. The first-order valence-corrected chi connectivity index (χ1v) is 11.0. The second-order valence-electron chi connectivity index (χ2n) is 8.92. The molecular weight excluding hydrogens is 384 g/mol. The van der Waals surface area contributed by atoms with E-state index in [-0.39, 0.29) is 12.8 Å². The van der Waals surface area contributed by atoms with Crippen molar-refractivity contribution in [3.63, 3.8) is 0 Å². The molecule has 3 fully saturated rings. The minimum absolute atomic E-state index is 0.296. The van der Waals surface area contributed by atoms with Crippen LogP contribution < -0.4 is 0 Å². The molecule has 1 aliphatic carbocycles. The molecule has 2 bridgehead atoms. The highest BCUT2D eigenvalue weighted by molar-refractivity contribution is 5.98. The molecule has 5 aliphatic rings. The lowest BCUT2D eigenvalue weighted by atomic mass is 9.75. The Labute approximate surface area is 176 Å². The molecule has 0 saturated carbocycles. The van der Waals surface area contributed by atoms with Gasteiger partial charge in [-0.2, -0.15) is 0 Å². The van der Waals surface area contributed by atoms with E-state index in [1.54, 1.807) is 0 Å². The predicted octanol–water partition coefficient (Wildman–Crippen LogP) is 2.59. The van der Waals surface area contributed by atoms with E-state index in [1.165, 1.54) is 49.9 Å². The fourth-order valence-corrected chi connectivity index (χ4v) is 5.63. The number of rotatable bonds is 4. The summed E-state index contributed by atoms with van der Waals surface area (Å²) in [4.78, 5) is 37.2. The quantitative estimate of drug-likeness (QED) is 0.786. The summed E-state index contributed by atoms with van der Waals surface area (Å²) in [6.07, 6.45) is 5.67. The molecule has 6 rings (SSSR count). The van der Waals surface area contributed by atoms with E-state index in [1.807, 2.05) is 0 Å². The number of hydrogen-bond donors (Lipinski definition) is 2. The number of hydrogen-bond acceptors (Lipinski definition) is 4. The Hall–Kier alpha value is -2.41. The molecule has 0 spiro atoms. The predicted molar refractivity (Wildman–Crippen MR) is 111 cm³/mol. The number of aryl methyl sites for hydroxylation is 1. The molecule has 3 saturated heterocycles. The summed E-state index contributed by atoms with van der Waals surface area (Å²) in [5.74, 6) is -0.510. The Morgan fingerprint density at radius 2 is 1.70 bits per heavy atom. The molecular formula is C23H30N2O5. The average molecular weight is 415 g/mol. The van der Waals surface area contributed by atoms with Gasteiger partial charge in [0.05, 0.1) is 12.8 Å². The standard InChI is InChI=1S/C19H24N2O.C4H6O4/c22-19-16-6-2-4-14-3-1-5-15(18(14)16)11-21(19)17-12-20-9-7-13(17)8-10-20;5-3(6)1-2-4(7)8/h2,4,6,13,15,17H,1,3,5,7-12H2;1-2H2,(H,5,6)(H,7,8)/t15-,17-;/m1./s1. The molecule has 162 valence electrons. The lowest BCUT2D eigenvalue weighted by molar-refractivity contribution is -0.143. The van der Waals surface area contributed by atoms with Crippen molar-refractivity contribution < 1.29 is 24.6 Å². The molecule has 7 nitrogen and oxygen atoms in total. The summed E-state index contributed by atoms with van der Waals surface area (Å²) in [7, 11) is 0. The van der Waals surface area contributed by atoms with Gasteiger partial charge in [-0.1, -0.05) is 12.1 Å². The molecule has 4 aliphatic heterocycles. The lowest BCUT2D eigenvalue weighted by Crippen LogP contribution is -2.60. The zero-order valence-corrected chi connectivity index (χ0v) is 17.3. The largest absolute Gasteiger partial charge is 0.481 e. The topological polar surface area (TPSA) is 98.1 Å². The van der Waals surface area contributed by atoms with Crippen LogP contribution in [-0.2, 0) is 16.0 Å². The first-order valence-electron chi connectivity index (χ1n) is 11.0. The van der Waals surface area contributed by atoms with E-state index >= 15 is 0 Å². The summed E-state index contributed by atoms with van der Waals surface area (Å²) >= 11 is 0. The third kappa shape index (κ3) is 4.21. The fraction of sp³-hybridized carbons (Fsp3) is 0.609. The van der Waals surface area contributed by atoms with Crippen LogP contribution in [0.15, 0.2) is 18.2 Å². The average Bonchev–Trinajstić information content (AvgIpc) is 2.76. The Kier molecular flexibility index (Phi) is 6.09. The monoisotopic (exact) mass is 414 g/mol. The minimum Gasteiger partial charge on any atom is -0.481 e. The van der Waals surface area contributed by atoms with Gasteiger partial charge in [-0.05, 0) is 68.3 Å². The Bertz CT molecular complexity index is 817. The summed E-state index contributed by atoms with van der Waals surface area (Å²) < 4.78 is 0. The van der Waals surface area contributed by atoms with Crippen LogP contribution in [0.2, 0.25) is 0 Å². The molecule has 2 atom stereocenters. The van der Waals surface area contributed by atoms with Crippen LogP contribution in [0.25, 0.3) is 0 Å². The van der Waals surface area contributed by atoms with Gasteiger partial charge in [0.1, 0.15) is 0 Å². The zero-order chi connectivity index (χ0) is 21.3. The molecule has 1 amide bonds. The second-order valence-corrected chi connectivity index (χ2v) is 8.92. The SMILES string of the molecule is O=C(O)CCC(=O)O.O=C1c2cccc3c2[C@H](CCC3)CN1[C@@H]1CN2CCC1CC2. The van der Waals surface area contributed by atoms with Gasteiger partial charge in [-0.15, -0.1) is 0 Å². The number of carbonyl (C=O) groups is 3. The van der Waals surface area contributed by atoms with Crippen molar-refractivity contribution in [2.45, 2.75) is 56.9 Å². The van der Waals surface area contributed by atoms with Crippen molar-refractivity contribution >= 4 is 17.8 Å². The zero-order valence-electron chi connectivity index (χ0n) is 17.3. The molecule has 30 heavy (non-hydrogen) atoms. The second kappa shape index (κ2) is 8.76. The molecule has 4 heterocycles. The normalized spacial score (nSPS) is 28.9. The van der Waals surface area contributed by atoms with E-state index in [9.17, 15) is 14.4 Å². The van der Waals surface area contributed by atoms with Crippen molar-refractivity contribution in [1.82, 2.24) is 9.80 Å². The van der Waals surface area contributed by atoms with Gasteiger partial charge in [0.2, 0.25) is 0 Å². The highest BCUT2D eigenvalue weighted by atomic mass is 16.4. The number of amides is 1. The number of benzene rings is 1. The highest BCUT2D eigenvalue weighted by Gasteiger charge is 2.43. The molecule has 2 N–H and O–H groups in total. The van der Waals surface area contributed by atoms with E-state index in [0.717, 1.165) is 31.0 Å². The maximum atomic E-state index is 13.1. The Morgan fingerprint density at radius 3 is 2.30 bits per heavy atom. The van der Waals surface area contributed by atoms with Gasteiger partial charge in [0, 0.05) is 30.6 Å². The van der Waals surface area contributed by atoms with E-state index in [0.29, 0.717) is 17.9 Å². The van der Waals surface area contributed by atoms with Gasteiger partial charge in [0.25, 0.3) is 5.91 Å². The number of carboxylic acid groups (broad SMARTS) is 2. The molecule has 0 unspecified atom stereocenters. The van der Waals surface area contributed by atoms with E-state index in [2.05, 4.69) is 28.0 Å². The van der Waals surface area contributed by atoms with Gasteiger partial charge in [-0.25, -0.2) is 0 Å². The smallest absolute Gasteiger partial charge is 0.303 e. The Morgan fingerprint density at radius 1 is 1.00 bits per heavy atom. The van der Waals surface area contributed by atoms with Crippen molar-refractivity contribution in [3.8, 4) is 0 Å². The Balaban J connectivity index is 0.000000235. The number of piperidine rings is 3. The third-order valence-electron chi connectivity index (χ3n) is 7.09. The van der Waals surface area contributed by atoms with Crippen LogP contribution in [0.5, 0.6) is 0 Å². The van der Waals surface area contributed by atoms with E-state index < -0.39 is 11.9 Å². The molecule has 1 aromatic rings. The van der Waals surface area contributed by atoms with Crippen molar-refractivity contribution in [2.24, 2.45) is 5.92 Å². The molecule has 0 radical (unpaired) electrons. The molecule has 0 aromatic heterocycles. The van der Waals surface area contributed by atoms with Crippen molar-refractivity contribution in [1.29, 1.82) is 0 Å². The fourth-order valence-electron chi connectivity index (χ4n) is 5.63. The number of carboxylic acids is 2. The molecule has 7 heteroatoms. The van der Waals surface area contributed by atoms with Gasteiger partial charge >= 0.3 is 11.9 Å². The number of fused-ring (bicyclic) bond motifs is 3. The van der Waals surface area contributed by atoms with Gasteiger partial charge in [0.15, 0.2) is 0 Å². The summed E-state index contributed by atoms with van der Waals surface area (Å²) in [5.41, 5.74) is 3.86. The summed E-state index contributed by atoms with van der Waals surface area (Å²) in [6.45, 7) is 4.57. The first kappa shape index (κ1) is 20.8. The minimum atomic E-state index is -1.08. The van der Waals surface area contributed by atoms with Gasteiger partial charge in [-0.3, -0.25) is 14.4 Å².